The Morgan fingerprint density at radius 2 is 1.63 bits per heavy atom. The van der Waals surface area contributed by atoms with Gasteiger partial charge < -0.3 is 10.2 Å². The van der Waals surface area contributed by atoms with Crippen LogP contribution < -0.4 is 10.2 Å². The minimum Gasteiger partial charge on any atom is -0.369 e. The van der Waals surface area contributed by atoms with E-state index < -0.39 is 0 Å². The summed E-state index contributed by atoms with van der Waals surface area (Å²) in [5, 5.41) is 3.40. The van der Waals surface area contributed by atoms with E-state index in [0.29, 0.717) is 0 Å². The van der Waals surface area contributed by atoms with Crippen LogP contribution in [0.2, 0.25) is 0 Å². The van der Waals surface area contributed by atoms with E-state index in [4.69, 9.17) is 0 Å². The van der Waals surface area contributed by atoms with Gasteiger partial charge in [-0.05, 0) is 30.2 Å². The Balaban J connectivity index is 1.88. The minimum atomic E-state index is 1.08. The number of nitrogens with one attached hydrogen (secondary N) is 1. The monoisotopic (exact) mass is 252 g/mol. The van der Waals surface area contributed by atoms with Crippen molar-refractivity contribution >= 4 is 5.69 Å². The van der Waals surface area contributed by atoms with E-state index in [2.05, 4.69) is 65.7 Å². The Bertz CT molecular complexity index is 539. The molecule has 98 valence electrons. The number of piperazine rings is 1. The normalized spacial score (nSPS) is 15.5. The van der Waals surface area contributed by atoms with Crippen molar-refractivity contribution in [3.8, 4) is 11.1 Å². The Kier molecular flexibility index (Phi) is 3.51. The van der Waals surface area contributed by atoms with Crippen molar-refractivity contribution in [2.75, 3.05) is 31.1 Å². The molecule has 3 rings (SSSR count). The van der Waals surface area contributed by atoms with E-state index in [1.165, 1.54) is 22.4 Å². The van der Waals surface area contributed by atoms with E-state index in [0.717, 1.165) is 26.2 Å². The van der Waals surface area contributed by atoms with Gasteiger partial charge in [0.1, 0.15) is 0 Å². The first-order valence-corrected chi connectivity index (χ1v) is 6.96. The molecule has 1 aliphatic heterocycles. The van der Waals surface area contributed by atoms with E-state index in [9.17, 15) is 0 Å². The second kappa shape index (κ2) is 5.45. The summed E-state index contributed by atoms with van der Waals surface area (Å²) >= 11 is 0. The number of hydrogen-bond donors (Lipinski definition) is 1. The van der Waals surface area contributed by atoms with Crippen LogP contribution in [-0.4, -0.2) is 26.2 Å². The van der Waals surface area contributed by atoms with Crippen LogP contribution in [0, 0.1) is 6.92 Å². The van der Waals surface area contributed by atoms with Gasteiger partial charge >= 0.3 is 0 Å². The largest absolute Gasteiger partial charge is 0.369 e. The van der Waals surface area contributed by atoms with Crippen molar-refractivity contribution in [3.05, 3.63) is 54.1 Å². The molecule has 2 heteroatoms. The Morgan fingerprint density at radius 1 is 0.895 bits per heavy atom. The Morgan fingerprint density at radius 3 is 2.37 bits per heavy atom. The number of hydrogen-bond acceptors (Lipinski definition) is 2. The predicted molar refractivity (Wildman–Crippen MR) is 81.7 cm³/mol. The predicted octanol–water partition coefficient (Wildman–Crippen LogP) is 3.07. The average molecular weight is 252 g/mol. The highest BCUT2D eigenvalue weighted by Crippen LogP contribution is 2.25. The third-order valence-corrected chi connectivity index (χ3v) is 3.71. The molecule has 0 unspecified atom stereocenters. The third kappa shape index (κ3) is 2.79. The fraction of sp³-hybridized carbons (Fsp3) is 0.294. The lowest BCUT2D eigenvalue weighted by atomic mass is 10.0. The standard InChI is InChI=1S/C17H20N2/c1-14-5-7-15(8-6-14)16-3-2-4-17(13-16)19-11-9-18-10-12-19/h2-8,13,18H,9-12H2,1H3. The summed E-state index contributed by atoms with van der Waals surface area (Å²) in [6, 6.07) is 17.6. The Labute approximate surface area is 115 Å². The lowest BCUT2D eigenvalue weighted by Gasteiger charge is -2.29. The van der Waals surface area contributed by atoms with Crippen LogP contribution in [0.1, 0.15) is 5.56 Å². The lowest BCUT2D eigenvalue weighted by molar-refractivity contribution is 0.589. The SMILES string of the molecule is Cc1ccc(-c2cccc(N3CCNCC3)c2)cc1. The maximum Gasteiger partial charge on any atom is 0.0373 e. The molecule has 2 nitrogen and oxygen atoms in total. The van der Waals surface area contributed by atoms with Crippen LogP contribution in [0.4, 0.5) is 5.69 Å². The number of aryl methyl sites for hydroxylation is 1. The number of benzene rings is 2. The summed E-state index contributed by atoms with van der Waals surface area (Å²) in [4.78, 5) is 2.45. The zero-order chi connectivity index (χ0) is 13.1. The highest BCUT2D eigenvalue weighted by atomic mass is 15.2. The fourth-order valence-electron chi connectivity index (χ4n) is 2.55. The van der Waals surface area contributed by atoms with Crippen LogP contribution >= 0.6 is 0 Å². The van der Waals surface area contributed by atoms with Crippen molar-refractivity contribution in [3.63, 3.8) is 0 Å². The van der Waals surface area contributed by atoms with E-state index in [1.54, 1.807) is 0 Å². The van der Waals surface area contributed by atoms with Gasteiger partial charge in [0.15, 0.2) is 0 Å². The van der Waals surface area contributed by atoms with Gasteiger partial charge in [-0.25, -0.2) is 0 Å². The zero-order valence-corrected chi connectivity index (χ0v) is 11.4. The van der Waals surface area contributed by atoms with Crippen molar-refractivity contribution in [2.45, 2.75) is 6.92 Å². The van der Waals surface area contributed by atoms with Crippen LogP contribution in [0.5, 0.6) is 0 Å². The van der Waals surface area contributed by atoms with Crippen molar-refractivity contribution < 1.29 is 0 Å². The zero-order valence-electron chi connectivity index (χ0n) is 11.4. The quantitative estimate of drug-likeness (QED) is 0.883. The summed E-state index contributed by atoms with van der Waals surface area (Å²) in [5.41, 5.74) is 5.24. The maximum atomic E-state index is 3.40. The first kappa shape index (κ1) is 12.2. The second-order valence-corrected chi connectivity index (χ2v) is 5.15. The van der Waals surface area contributed by atoms with E-state index >= 15 is 0 Å². The van der Waals surface area contributed by atoms with E-state index in [1.807, 2.05) is 0 Å². The molecule has 19 heavy (non-hydrogen) atoms. The molecule has 0 aromatic heterocycles. The molecule has 1 saturated heterocycles. The number of nitrogens with zero attached hydrogens (tertiary/aromatic N) is 1. The molecule has 0 bridgehead atoms. The van der Waals surface area contributed by atoms with Gasteiger partial charge in [0.25, 0.3) is 0 Å². The summed E-state index contributed by atoms with van der Waals surface area (Å²) in [5.74, 6) is 0. The summed E-state index contributed by atoms with van der Waals surface area (Å²) in [6.07, 6.45) is 0. The average Bonchev–Trinajstić information content (AvgIpc) is 2.49. The topological polar surface area (TPSA) is 15.3 Å². The third-order valence-electron chi connectivity index (χ3n) is 3.71. The molecular weight excluding hydrogens is 232 g/mol. The van der Waals surface area contributed by atoms with Crippen LogP contribution in [0.15, 0.2) is 48.5 Å². The van der Waals surface area contributed by atoms with Crippen LogP contribution in [0.25, 0.3) is 11.1 Å². The van der Waals surface area contributed by atoms with Gasteiger partial charge in [0, 0.05) is 31.9 Å². The van der Waals surface area contributed by atoms with Gasteiger partial charge in [-0.15, -0.1) is 0 Å². The molecule has 0 aliphatic carbocycles. The minimum absolute atomic E-state index is 1.08. The number of rotatable bonds is 2. The van der Waals surface area contributed by atoms with Gasteiger partial charge in [-0.1, -0.05) is 42.0 Å². The lowest BCUT2D eigenvalue weighted by Crippen LogP contribution is -2.43. The highest BCUT2D eigenvalue weighted by molar-refractivity contribution is 5.68. The van der Waals surface area contributed by atoms with Gasteiger partial charge in [-0.2, -0.15) is 0 Å². The maximum absolute atomic E-state index is 3.40. The van der Waals surface area contributed by atoms with Crippen molar-refractivity contribution in [2.24, 2.45) is 0 Å². The van der Waals surface area contributed by atoms with Gasteiger partial charge in [-0.3, -0.25) is 0 Å². The molecule has 2 aromatic carbocycles. The molecule has 0 spiro atoms. The molecule has 1 fully saturated rings. The van der Waals surface area contributed by atoms with Crippen molar-refractivity contribution in [1.82, 2.24) is 5.32 Å². The Hall–Kier alpha value is -1.80. The smallest absolute Gasteiger partial charge is 0.0373 e. The molecular formula is C17H20N2. The van der Waals surface area contributed by atoms with Crippen molar-refractivity contribution in [1.29, 1.82) is 0 Å². The fourth-order valence-corrected chi connectivity index (χ4v) is 2.55. The summed E-state index contributed by atoms with van der Waals surface area (Å²) in [6.45, 7) is 6.47. The molecule has 0 amide bonds. The van der Waals surface area contributed by atoms with Gasteiger partial charge in [0.2, 0.25) is 0 Å². The highest BCUT2D eigenvalue weighted by Gasteiger charge is 2.10. The molecule has 0 saturated carbocycles. The van der Waals surface area contributed by atoms with Crippen LogP contribution in [-0.2, 0) is 0 Å². The van der Waals surface area contributed by atoms with Crippen LogP contribution in [0.3, 0.4) is 0 Å². The molecule has 0 radical (unpaired) electrons. The first-order valence-electron chi connectivity index (χ1n) is 6.96. The van der Waals surface area contributed by atoms with E-state index in [-0.39, 0.29) is 0 Å². The molecule has 2 aromatic rings. The number of anilines is 1. The molecule has 0 atom stereocenters. The second-order valence-electron chi connectivity index (χ2n) is 5.15. The summed E-state index contributed by atoms with van der Waals surface area (Å²) < 4.78 is 0. The molecule has 1 aliphatic rings. The molecule has 1 N–H and O–H groups in total. The summed E-state index contributed by atoms with van der Waals surface area (Å²) in [7, 11) is 0. The van der Waals surface area contributed by atoms with Gasteiger partial charge in [0.05, 0.1) is 0 Å². The molecule has 1 heterocycles. The first-order chi connectivity index (χ1) is 9.33.